The molecule has 0 saturated heterocycles. The Morgan fingerprint density at radius 3 is 2.40 bits per heavy atom. The number of pyridine rings is 1. The maximum Gasteiger partial charge on any atom is 0.433 e. The van der Waals surface area contributed by atoms with E-state index in [9.17, 15) is 13.2 Å². The van der Waals surface area contributed by atoms with Crippen LogP contribution in [0.25, 0.3) is 10.9 Å². The summed E-state index contributed by atoms with van der Waals surface area (Å²) in [4.78, 5) is 3.55. The topological polar surface area (TPSA) is 12.9 Å². The van der Waals surface area contributed by atoms with Gasteiger partial charge in [-0.25, -0.2) is 4.98 Å². The molecule has 5 heteroatoms. The van der Waals surface area contributed by atoms with Crippen molar-refractivity contribution in [2.45, 2.75) is 6.18 Å². The molecule has 0 amide bonds. The molecule has 0 N–H and O–H groups in total. The van der Waals surface area contributed by atoms with Crippen LogP contribution >= 0.6 is 15.9 Å². The van der Waals surface area contributed by atoms with Gasteiger partial charge in [0.05, 0.1) is 5.52 Å². The number of rotatable bonds is 0. The second kappa shape index (κ2) is 3.48. The van der Waals surface area contributed by atoms with E-state index in [1.54, 1.807) is 18.2 Å². The summed E-state index contributed by atoms with van der Waals surface area (Å²) in [5.41, 5.74) is -0.535. The molecule has 0 saturated carbocycles. The van der Waals surface area contributed by atoms with Gasteiger partial charge in [0.2, 0.25) is 0 Å². The number of nitrogens with zero attached hydrogens (tertiary/aromatic N) is 1. The molecule has 0 unspecified atom stereocenters. The van der Waals surface area contributed by atoms with Gasteiger partial charge in [-0.15, -0.1) is 0 Å². The fraction of sp³-hybridized carbons (Fsp3) is 0.100. The van der Waals surface area contributed by atoms with E-state index in [0.29, 0.717) is 15.4 Å². The molecule has 0 fully saturated rings. The van der Waals surface area contributed by atoms with E-state index < -0.39 is 11.9 Å². The van der Waals surface area contributed by atoms with Crippen LogP contribution in [0.5, 0.6) is 0 Å². The van der Waals surface area contributed by atoms with Crippen LogP contribution < -0.4 is 0 Å². The Morgan fingerprint density at radius 1 is 1.07 bits per heavy atom. The minimum atomic E-state index is -4.39. The minimum absolute atomic E-state index is 0.333. The number of halogens is 4. The molecule has 1 aromatic carbocycles. The second-order valence-corrected chi connectivity index (χ2v) is 3.95. The molecule has 0 atom stereocenters. The first-order valence-electron chi connectivity index (χ1n) is 4.10. The second-order valence-electron chi connectivity index (χ2n) is 3.03. The molecule has 0 aliphatic heterocycles. The summed E-state index contributed by atoms with van der Waals surface area (Å²) in [5.74, 6) is 0. The van der Waals surface area contributed by atoms with Crippen molar-refractivity contribution in [2.75, 3.05) is 0 Å². The molecule has 2 rings (SSSR count). The zero-order valence-electron chi connectivity index (χ0n) is 7.35. The molecule has 78 valence electrons. The van der Waals surface area contributed by atoms with Gasteiger partial charge >= 0.3 is 6.18 Å². The van der Waals surface area contributed by atoms with Crippen molar-refractivity contribution in [3.8, 4) is 0 Å². The quantitative estimate of drug-likeness (QED) is 0.708. The fourth-order valence-electron chi connectivity index (χ4n) is 1.25. The van der Waals surface area contributed by atoms with Gasteiger partial charge in [0.15, 0.2) is 0 Å². The molecule has 0 radical (unpaired) electrons. The van der Waals surface area contributed by atoms with Gasteiger partial charge in [-0.3, -0.25) is 0 Å². The van der Waals surface area contributed by atoms with Crippen molar-refractivity contribution in [2.24, 2.45) is 0 Å². The van der Waals surface area contributed by atoms with E-state index in [-0.39, 0.29) is 0 Å². The molecule has 0 spiro atoms. The van der Waals surface area contributed by atoms with E-state index in [0.717, 1.165) is 6.07 Å². The van der Waals surface area contributed by atoms with Crippen LogP contribution in [0.2, 0.25) is 0 Å². The van der Waals surface area contributed by atoms with E-state index in [1.807, 2.05) is 0 Å². The summed E-state index contributed by atoms with van der Waals surface area (Å²) >= 11 is 3.19. The highest BCUT2D eigenvalue weighted by Crippen LogP contribution is 2.29. The largest absolute Gasteiger partial charge is 0.433 e. The molecular formula is C10H5BrF3N. The first-order valence-corrected chi connectivity index (χ1v) is 4.89. The highest BCUT2D eigenvalue weighted by molar-refractivity contribution is 9.10. The number of aromatic nitrogens is 1. The molecule has 1 nitrogen and oxygen atoms in total. The Morgan fingerprint density at radius 2 is 1.73 bits per heavy atom. The van der Waals surface area contributed by atoms with E-state index in [4.69, 9.17) is 0 Å². The first-order chi connectivity index (χ1) is 6.97. The Balaban J connectivity index is 2.64. The molecular weight excluding hydrogens is 271 g/mol. The average molecular weight is 276 g/mol. The molecule has 1 aromatic heterocycles. The molecule has 0 aliphatic carbocycles. The Labute approximate surface area is 92.1 Å². The normalized spacial score (nSPS) is 12.0. The lowest BCUT2D eigenvalue weighted by molar-refractivity contribution is -0.140. The number of benzene rings is 1. The van der Waals surface area contributed by atoms with Crippen LogP contribution in [0.15, 0.2) is 34.8 Å². The zero-order chi connectivity index (χ0) is 11.1. The van der Waals surface area contributed by atoms with Crippen LogP contribution in [0.4, 0.5) is 13.2 Å². The summed E-state index contributed by atoms with van der Waals surface area (Å²) in [6.07, 6.45) is -4.39. The van der Waals surface area contributed by atoms with Crippen molar-refractivity contribution in [1.82, 2.24) is 4.98 Å². The number of hydrogen-bond donors (Lipinski definition) is 0. The van der Waals surface area contributed by atoms with Gasteiger partial charge in [-0.1, -0.05) is 28.1 Å². The highest BCUT2D eigenvalue weighted by atomic mass is 79.9. The molecule has 0 bridgehead atoms. The summed E-state index contributed by atoms with van der Waals surface area (Å²) in [7, 11) is 0. The van der Waals surface area contributed by atoms with E-state index >= 15 is 0 Å². The number of hydrogen-bond acceptors (Lipinski definition) is 1. The lowest BCUT2D eigenvalue weighted by Crippen LogP contribution is -2.07. The predicted molar refractivity (Wildman–Crippen MR) is 54.4 cm³/mol. The zero-order valence-corrected chi connectivity index (χ0v) is 8.93. The van der Waals surface area contributed by atoms with Gasteiger partial charge in [0.1, 0.15) is 5.69 Å². The van der Waals surface area contributed by atoms with Crippen molar-refractivity contribution in [3.05, 3.63) is 40.5 Å². The summed E-state index contributed by atoms with van der Waals surface area (Å²) in [6.45, 7) is 0. The SMILES string of the molecule is FC(F)(F)c1ccc2ccc(Br)cc2n1. The van der Waals surface area contributed by atoms with Gasteiger partial charge in [-0.05, 0) is 18.2 Å². The first kappa shape index (κ1) is 10.4. The van der Waals surface area contributed by atoms with E-state index in [2.05, 4.69) is 20.9 Å². The van der Waals surface area contributed by atoms with Gasteiger partial charge in [0, 0.05) is 9.86 Å². The fourth-order valence-corrected chi connectivity index (χ4v) is 1.60. The lowest BCUT2D eigenvalue weighted by atomic mass is 10.2. The van der Waals surface area contributed by atoms with Crippen LogP contribution in [0, 0.1) is 0 Å². The van der Waals surface area contributed by atoms with Crippen LogP contribution in [-0.4, -0.2) is 4.98 Å². The average Bonchev–Trinajstić information content (AvgIpc) is 2.15. The van der Waals surface area contributed by atoms with Crippen molar-refractivity contribution in [1.29, 1.82) is 0 Å². The van der Waals surface area contributed by atoms with Crippen molar-refractivity contribution >= 4 is 26.8 Å². The smallest absolute Gasteiger partial charge is 0.243 e. The molecule has 15 heavy (non-hydrogen) atoms. The van der Waals surface area contributed by atoms with Crippen LogP contribution in [0.1, 0.15) is 5.69 Å². The maximum atomic E-state index is 12.3. The van der Waals surface area contributed by atoms with Crippen molar-refractivity contribution < 1.29 is 13.2 Å². The van der Waals surface area contributed by atoms with Gasteiger partial charge in [0.25, 0.3) is 0 Å². The monoisotopic (exact) mass is 275 g/mol. The number of fused-ring (bicyclic) bond motifs is 1. The Hall–Kier alpha value is -1.10. The maximum absolute atomic E-state index is 12.3. The van der Waals surface area contributed by atoms with Crippen LogP contribution in [0.3, 0.4) is 0 Å². The van der Waals surface area contributed by atoms with Gasteiger partial charge < -0.3 is 0 Å². The predicted octanol–water partition coefficient (Wildman–Crippen LogP) is 4.02. The minimum Gasteiger partial charge on any atom is -0.243 e. The third-order valence-corrected chi connectivity index (χ3v) is 2.44. The molecule has 0 aliphatic rings. The standard InChI is InChI=1S/C10H5BrF3N/c11-7-3-1-6-2-4-9(10(12,13)14)15-8(6)5-7/h1-5H. The van der Waals surface area contributed by atoms with E-state index in [1.165, 1.54) is 6.07 Å². The van der Waals surface area contributed by atoms with Crippen LogP contribution in [-0.2, 0) is 6.18 Å². The Kier molecular flexibility index (Phi) is 2.42. The third-order valence-electron chi connectivity index (χ3n) is 1.94. The summed E-state index contributed by atoms with van der Waals surface area (Å²) < 4.78 is 37.7. The highest BCUT2D eigenvalue weighted by Gasteiger charge is 2.32. The molecule has 1 heterocycles. The lowest BCUT2D eigenvalue weighted by Gasteiger charge is -2.06. The van der Waals surface area contributed by atoms with Gasteiger partial charge in [-0.2, -0.15) is 13.2 Å². The van der Waals surface area contributed by atoms with Crippen molar-refractivity contribution in [3.63, 3.8) is 0 Å². The Bertz CT molecular complexity index is 507. The number of alkyl halides is 3. The summed E-state index contributed by atoms with van der Waals surface area (Å²) in [5, 5.41) is 0.686. The molecule has 2 aromatic rings. The third kappa shape index (κ3) is 2.12. The summed E-state index contributed by atoms with van der Waals surface area (Å²) in [6, 6.07) is 7.43.